The number of para-hydroxylation sites is 3. The molecule has 0 fully saturated rings. The fraction of sp³-hybridized carbons (Fsp3) is 0.125. The summed E-state index contributed by atoms with van der Waals surface area (Å²) in [5, 5.41) is 3.26. The van der Waals surface area contributed by atoms with Gasteiger partial charge in [0.1, 0.15) is 11.6 Å². The minimum atomic E-state index is -0.363. The molecule has 1 heterocycles. The van der Waals surface area contributed by atoms with Crippen LogP contribution in [0.3, 0.4) is 0 Å². The highest BCUT2D eigenvalue weighted by molar-refractivity contribution is 9.10. The van der Waals surface area contributed by atoms with Gasteiger partial charge in [-0.15, -0.1) is 0 Å². The average molecular weight is 510 g/mol. The summed E-state index contributed by atoms with van der Waals surface area (Å²) in [5.74, 6) is 1.29. The van der Waals surface area contributed by atoms with E-state index in [1.807, 2.05) is 12.1 Å². The minimum Gasteiger partial charge on any atom is -0.495 e. The number of nitrogens with zero attached hydrogens (tertiary/aromatic N) is 1. The lowest BCUT2D eigenvalue weighted by Gasteiger charge is -2.15. The minimum absolute atomic E-state index is 0.237. The van der Waals surface area contributed by atoms with Crippen LogP contribution in [-0.2, 0) is 4.79 Å². The van der Waals surface area contributed by atoms with Gasteiger partial charge in [0.05, 0.1) is 35.3 Å². The van der Waals surface area contributed by atoms with Gasteiger partial charge in [-0.05, 0) is 52.3 Å². The molecular formula is C24H20BrN3O5. The molecule has 3 aromatic carbocycles. The van der Waals surface area contributed by atoms with Gasteiger partial charge in [0.2, 0.25) is 0 Å². The van der Waals surface area contributed by atoms with E-state index in [-0.39, 0.29) is 18.1 Å². The van der Waals surface area contributed by atoms with E-state index in [0.717, 1.165) is 0 Å². The van der Waals surface area contributed by atoms with E-state index in [1.54, 1.807) is 48.5 Å². The zero-order valence-corrected chi connectivity index (χ0v) is 19.4. The first-order valence-electron chi connectivity index (χ1n) is 9.92. The van der Waals surface area contributed by atoms with Crippen LogP contribution < -0.4 is 25.1 Å². The number of fused-ring (bicyclic) bond motifs is 1. The second-order valence-electron chi connectivity index (χ2n) is 6.96. The molecule has 33 heavy (non-hydrogen) atoms. The summed E-state index contributed by atoms with van der Waals surface area (Å²) in [4.78, 5) is 32.2. The zero-order chi connectivity index (χ0) is 23.4. The summed E-state index contributed by atoms with van der Waals surface area (Å²) in [7, 11) is 3.02. The van der Waals surface area contributed by atoms with Crippen LogP contribution >= 0.6 is 15.9 Å². The molecule has 0 unspecified atom stereocenters. The highest BCUT2D eigenvalue weighted by atomic mass is 79.9. The van der Waals surface area contributed by atoms with E-state index in [2.05, 4.69) is 31.2 Å². The van der Waals surface area contributed by atoms with Crippen LogP contribution in [0.25, 0.3) is 22.3 Å². The Morgan fingerprint density at radius 3 is 2.55 bits per heavy atom. The van der Waals surface area contributed by atoms with E-state index >= 15 is 0 Å². The van der Waals surface area contributed by atoms with Crippen molar-refractivity contribution >= 4 is 38.4 Å². The number of rotatable bonds is 7. The largest absolute Gasteiger partial charge is 0.495 e. The molecule has 0 aliphatic carbocycles. The molecule has 0 atom stereocenters. The molecule has 0 saturated heterocycles. The SMILES string of the molecule is COc1ccccc1NC(=O)COc1c(Br)cc(-c2nc3ccccc3c(=O)[nH]2)cc1OC. The number of ether oxygens (including phenoxy) is 3. The Kier molecular flexibility index (Phi) is 6.60. The fourth-order valence-electron chi connectivity index (χ4n) is 3.29. The molecule has 0 bridgehead atoms. The lowest BCUT2D eigenvalue weighted by atomic mass is 10.1. The molecule has 2 N–H and O–H groups in total. The third-order valence-corrected chi connectivity index (χ3v) is 5.43. The van der Waals surface area contributed by atoms with Gasteiger partial charge >= 0.3 is 0 Å². The number of methoxy groups -OCH3 is 2. The molecule has 0 aliphatic rings. The number of carbonyl (C=O) groups is 1. The second kappa shape index (κ2) is 9.74. The number of halogens is 1. The van der Waals surface area contributed by atoms with Gasteiger partial charge in [0, 0.05) is 5.56 Å². The Balaban J connectivity index is 1.57. The van der Waals surface area contributed by atoms with Gasteiger partial charge in [0.25, 0.3) is 11.5 Å². The maximum absolute atomic E-state index is 12.4. The number of anilines is 1. The third-order valence-electron chi connectivity index (χ3n) is 4.84. The Hall–Kier alpha value is -3.85. The van der Waals surface area contributed by atoms with Crippen LogP contribution in [0.2, 0.25) is 0 Å². The maximum atomic E-state index is 12.4. The first kappa shape index (κ1) is 22.3. The topological polar surface area (TPSA) is 103 Å². The lowest BCUT2D eigenvalue weighted by Crippen LogP contribution is -2.20. The Morgan fingerprint density at radius 2 is 1.76 bits per heavy atom. The number of nitrogens with one attached hydrogen (secondary N) is 2. The van der Waals surface area contributed by atoms with Gasteiger partial charge in [-0.2, -0.15) is 0 Å². The Labute approximate surface area is 197 Å². The monoisotopic (exact) mass is 509 g/mol. The molecule has 0 saturated carbocycles. The molecule has 0 spiro atoms. The second-order valence-corrected chi connectivity index (χ2v) is 7.81. The van der Waals surface area contributed by atoms with E-state index < -0.39 is 0 Å². The van der Waals surface area contributed by atoms with E-state index in [0.29, 0.717) is 49.7 Å². The van der Waals surface area contributed by atoms with E-state index in [9.17, 15) is 9.59 Å². The molecule has 8 nitrogen and oxygen atoms in total. The van der Waals surface area contributed by atoms with Gasteiger partial charge in [-0.1, -0.05) is 24.3 Å². The van der Waals surface area contributed by atoms with Gasteiger partial charge in [-0.25, -0.2) is 4.98 Å². The number of aromatic amines is 1. The van der Waals surface area contributed by atoms with Crippen molar-refractivity contribution in [3.8, 4) is 28.6 Å². The van der Waals surface area contributed by atoms with Crippen LogP contribution in [0.1, 0.15) is 0 Å². The summed E-state index contributed by atoms with van der Waals surface area (Å²) in [5.41, 5.74) is 1.51. The Morgan fingerprint density at radius 1 is 1.03 bits per heavy atom. The van der Waals surface area contributed by atoms with Crippen molar-refractivity contribution in [2.75, 3.05) is 26.1 Å². The zero-order valence-electron chi connectivity index (χ0n) is 17.8. The van der Waals surface area contributed by atoms with Gasteiger partial charge in [-0.3, -0.25) is 9.59 Å². The molecule has 0 radical (unpaired) electrons. The predicted octanol–water partition coefficient (Wildman–Crippen LogP) is 4.39. The summed E-state index contributed by atoms with van der Waals surface area (Å²) >= 11 is 3.47. The first-order valence-corrected chi connectivity index (χ1v) is 10.7. The van der Waals surface area contributed by atoms with Crippen LogP contribution in [0.4, 0.5) is 5.69 Å². The molecule has 0 aliphatic heterocycles. The molecule has 168 valence electrons. The summed E-state index contributed by atoms with van der Waals surface area (Å²) in [6.45, 7) is -0.253. The smallest absolute Gasteiger partial charge is 0.262 e. The van der Waals surface area contributed by atoms with Crippen LogP contribution in [-0.4, -0.2) is 36.7 Å². The number of hydrogen-bond acceptors (Lipinski definition) is 6. The molecule has 1 aromatic heterocycles. The van der Waals surface area contributed by atoms with Crippen molar-refractivity contribution in [2.45, 2.75) is 0 Å². The summed E-state index contributed by atoms with van der Waals surface area (Å²) in [6.07, 6.45) is 0. The van der Waals surface area contributed by atoms with Crippen LogP contribution in [0.15, 0.2) is 69.9 Å². The number of amides is 1. The van der Waals surface area contributed by atoms with Crippen molar-refractivity contribution in [2.24, 2.45) is 0 Å². The molecule has 4 rings (SSSR count). The van der Waals surface area contributed by atoms with Crippen molar-refractivity contribution in [1.82, 2.24) is 9.97 Å². The predicted molar refractivity (Wildman–Crippen MR) is 129 cm³/mol. The number of hydrogen-bond donors (Lipinski definition) is 2. The third kappa shape index (κ3) is 4.83. The molecule has 9 heteroatoms. The van der Waals surface area contributed by atoms with Gasteiger partial charge in [0.15, 0.2) is 18.1 Å². The van der Waals surface area contributed by atoms with Crippen molar-refractivity contribution in [1.29, 1.82) is 0 Å². The summed E-state index contributed by atoms with van der Waals surface area (Å²) < 4.78 is 17.0. The highest BCUT2D eigenvalue weighted by Gasteiger charge is 2.16. The number of H-pyrrole nitrogens is 1. The Bertz CT molecular complexity index is 1390. The maximum Gasteiger partial charge on any atom is 0.262 e. The quantitative estimate of drug-likeness (QED) is 0.383. The standard InChI is InChI=1S/C24H20BrN3O5/c1-31-19-10-6-5-9-18(19)26-21(29)13-33-22-16(25)11-14(12-20(22)32-2)23-27-17-8-4-3-7-15(17)24(30)28-23/h3-12H,13H2,1-2H3,(H,26,29)(H,27,28,30). The van der Waals surface area contributed by atoms with Crippen molar-refractivity contribution in [3.63, 3.8) is 0 Å². The normalized spacial score (nSPS) is 10.6. The van der Waals surface area contributed by atoms with Crippen molar-refractivity contribution < 1.29 is 19.0 Å². The molecule has 1 amide bonds. The van der Waals surface area contributed by atoms with Crippen LogP contribution in [0.5, 0.6) is 17.2 Å². The van der Waals surface area contributed by atoms with E-state index in [4.69, 9.17) is 14.2 Å². The lowest BCUT2D eigenvalue weighted by molar-refractivity contribution is -0.118. The number of benzene rings is 3. The number of aromatic nitrogens is 2. The average Bonchev–Trinajstić information content (AvgIpc) is 2.83. The summed E-state index contributed by atoms with van der Waals surface area (Å²) in [6, 6.07) is 17.6. The first-order chi connectivity index (χ1) is 16.0. The van der Waals surface area contributed by atoms with Crippen LogP contribution in [0, 0.1) is 0 Å². The van der Waals surface area contributed by atoms with Crippen molar-refractivity contribution in [3.05, 3.63) is 75.5 Å². The fourth-order valence-corrected chi connectivity index (χ4v) is 3.85. The van der Waals surface area contributed by atoms with E-state index in [1.165, 1.54) is 14.2 Å². The molecular weight excluding hydrogens is 490 g/mol. The number of carbonyl (C=O) groups excluding carboxylic acids is 1. The molecule has 4 aromatic rings. The van der Waals surface area contributed by atoms with Gasteiger partial charge < -0.3 is 24.5 Å². The highest BCUT2D eigenvalue weighted by Crippen LogP contribution is 2.39.